The summed E-state index contributed by atoms with van der Waals surface area (Å²) in [4.78, 5) is 0. The van der Waals surface area contributed by atoms with Gasteiger partial charge in [-0.15, -0.1) is 0 Å². The third-order valence-electron chi connectivity index (χ3n) is 5.60. The Morgan fingerprint density at radius 3 is 2.54 bits per heavy atom. The van der Waals surface area contributed by atoms with Gasteiger partial charge in [0.2, 0.25) is 0 Å². The van der Waals surface area contributed by atoms with Gasteiger partial charge in [0.05, 0.1) is 0 Å². The van der Waals surface area contributed by atoms with Gasteiger partial charge in [-0.3, -0.25) is 0 Å². The molecule has 140 valence electrons. The van der Waals surface area contributed by atoms with Crippen LogP contribution in [0.3, 0.4) is 0 Å². The van der Waals surface area contributed by atoms with Crippen LogP contribution in [0.4, 0.5) is 0 Å². The topological polar surface area (TPSA) is 17.8 Å². The minimum atomic E-state index is -0.803. The fraction of sp³-hybridized carbons (Fsp3) is 0.174. The van der Waals surface area contributed by atoms with Gasteiger partial charge in [0.15, 0.2) is 0 Å². The van der Waals surface area contributed by atoms with Crippen molar-refractivity contribution in [1.29, 1.82) is 0 Å². The maximum absolute atomic E-state index is 4.77. The molecule has 5 rings (SSSR count). The fourth-order valence-corrected chi connectivity index (χ4v) is 8.27. The largest absolute Gasteiger partial charge is 1.00 e. The first-order valence-corrected chi connectivity index (χ1v) is 11.7. The van der Waals surface area contributed by atoms with Crippen molar-refractivity contribution in [3.05, 3.63) is 86.4 Å². The van der Waals surface area contributed by atoms with E-state index in [4.69, 9.17) is 5.10 Å². The quantitative estimate of drug-likeness (QED) is 0.502. The van der Waals surface area contributed by atoms with E-state index in [0.717, 1.165) is 6.42 Å². The molecule has 2 nitrogen and oxygen atoms in total. The number of halogens is 2. The number of nitrogens with zero attached hydrogens (tertiary/aromatic N) is 2. The second-order valence-electron chi connectivity index (χ2n) is 7.09. The summed E-state index contributed by atoms with van der Waals surface area (Å²) in [6.45, 7) is 4.56. The SMILES string of the molecule is CC1=CC[C]([Zr+2][CH]2C(n3ncc4ccccc43)=Cc3ccccc32)=C1C.[Cl-].[Cl-]. The van der Waals surface area contributed by atoms with Crippen LogP contribution in [-0.2, 0) is 23.2 Å². The van der Waals surface area contributed by atoms with Crippen molar-refractivity contribution in [3.63, 3.8) is 0 Å². The number of allylic oxidation sites excluding steroid dienone is 5. The van der Waals surface area contributed by atoms with Gasteiger partial charge < -0.3 is 24.8 Å². The van der Waals surface area contributed by atoms with Gasteiger partial charge in [0.25, 0.3) is 0 Å². The minimum Gasteiger partial charge on any atom is -1.00 e. The van der Waals surface area contributed by atoms with Crippen LogP contribution in [0.1, 0.15) is 35.0 Å². The number of para-hydroxylation sites is 1. The molecule has 0 saturated carbocycles. The van der Waals surface area contributed by atoms with Crippen LogP contribution in [0.2, 0.25) is 0 Å². The summed E-state index contributed by atoms with van der Waals surface area (Å²) < 4.78 is 4.45. The standard InChI is InChI=1S/C16H11N2.C7H9.2ClH.Zr/c1-2-6-13-10-15(9-12(13)5-1)18-16-8-4-3-7-14(16)11-17-18;1-6-4-3-5-7(6)2;;;/h1-11H;4H,3H2,1-2H3;2*1H;/q;;;;+2/p-2. The molecule has 2 aliphatic rings. The van der Waals surface area contributed by atoms with Crippen molar-refractivity contribution >= 4 is 22.7 Å². The van der Waals surface area contributed by atoms with Gasteiger partial charge >= 0.3 is 166 Å². The van der Waals surface area contributed by atoms with Gasteiger partial charge in [-0.1, -0.05) is 0 Å². The second kappa shape index (κ2) is 8.53. The average Bonchev–Trinajstić information content (AvgIpc) is 3.34. The predicted molar refractivity (Wildman–Crippen MR) is 104 cm³/mol. The van der Waals surface area contributed by atoms with Crippen LogP contribution in [0.25, 0.3) is 22.7 Å². The van der Waals surface area contributed by atoms with Crippen molar-refractivity contribution in [2.24, 2.45) is 0 Å². The van der Waals surface area contributed by atoms with E-state index < -0.39 is 23.2 Å². The Morgan fingerprint density at radius 2 is 1.75 bits per heavy atom. The Labute approximate surface area is 189 Å². The van der Waals surface area contributed by atoms with Crippen LogP contribution in [0.5, 0.6) is 0 Å². The molecule has 0 spiro atoms. The monoisotopic (exact) mass is 484 g/mol. The summed E-state index contributed by atoms with van der Waals surface area (Å²) in [6, 6.07) is 17.4. The summed E-state index contributed by atoms with van der Waals surface area (Å²) in [5.41, 5.74) is 8.46. The molecule has 0 radical (unpaired) electrons. The molecule has 3 aromatic rings. The first-order valence-electron chi connectivity index (χ1n) is 9.09. The second-order valence-corrected chi connectivity index (χ2v) is 10.7. The van der Waals surface area contributed by atoms with Crippen LogP contribution in [0, 0.1) is 0 Å². The Kier molecular flexibility index (Phi) is 6.49. The normalized spacial score (nSPS) is 17.4. The molecule has 0 aliphatic heterocycles. The molecule has 1 atom stereocenters. The van der Waals surface area contributed by atoms with Gasteiger partial charge in [-0.2, -0.15) is 0 Å². The number of rotatable bonds is 3. The fourth-order valence-electron chi connectivity index (χ4n) is 3.96. The Hall–Kier alpha value is -1.41. The zero-order valence-electron chi connectivity index (χ0n) is 15.8. The van der Waals surface area contributed by atoms with Gasteiger partial charge in [-0.25, -0.2) is 0 Å². The summed E-state index contributed by atoms with van der Waals surface area (Å²) in [7, 11) is 0. The molecule has 0 amide bonds. The average molecular weight is 487 g/mol. The van der Waals surface area contributed by atoms with E-state index in [1.165, 1.54) is 33.3 Å². The Bertz CT molecular complexity index is 1120. The van der Waals surface area contributed by atoms with Gasteiger partial charge in [0, 0.05) is 0 Å². The van der Waals surface area contributed by atoms with Crippen LogP contribution in [-0.4, -0.2) is 9.78 Å². The number of aromatic nitrogens is 2. The molecule has 28 heavy (non-hydrogen) atoms. The summed E-state index contributed by atoms with van der Waals surface area (Å²) >= 11 is -0.803. The summed E-state index contributed by atoms with van der Waals surface area (Å²) in [5.74, 6) is 0. The van der Waals surface area contributed by atoms with E-state index in [2.05, 4.69) is 79.2 Å². The van der Waals surface area contributed by atoms with E-state index in [1.54, 1.807) is 8.85 Å². The predicted octanol–water partition coefficient (Wildman–Crippen LogP) is -0.196. The molecule has 1 heterocycles. The van der Waals surface area contributed by atoms with Crippen molar-refractivity contribution in [1.82, 2.24) is 9.78 Å². The first kappa shape index (κ1) is 21.3. The van der Waals surface area contributed by atoms with E-state index in [0.29, 0.717) is 3.63 Å². The number of fused-ring (bicyclic) bond motifs is 2. The molecule has 2 aliphatic carbocycles. The van der Waals surface area contributed by atoms with Gasteiger partial charge in [0.1, 0.15) is 0 Å². The van der Waals surface area contributed by atoms with E-state index in [9.17, 15) is 0 Å². The number of benzene rings is 2. The molecule has 1 aromatic heterocycles. The van der Waals surface area contributed by atoms with E-state index in [1.807, 2.05) is 6.20 Å². The third-order valence-corrected chi connectivity index (χ3v) is 10.1. The molecule has 5 heteroatoms. The Balaban J connectivity index is 0.00000112. The van der Waals surface area contributed by atoms with Crippen LogP contribution < -0.4 is 24.8 Å². The van der Waals surface area contributed by atoms with E-state index in [-0.39, 0.29) is 24.8 Å². The Morgan fingerprint density at radius 1 is 1.00 bits per heavy atom. The van der Waals surface area contributed by atoms with Gasteiger partial charge in [-0.05, 0) is 0 Å². The van der Waals surface area contributed by atoms with Crippen molar-refractivity contribution in [3.8, 4) is 0 Å². The zero-order chi connectivity index (χ0) is 17.7. The molecule has 2 aromatic carbocycles. The molecular weight excluding hydrogens is 466 g/mol. The zero-order valence-corrected chi connectivity index (χ0v) is 19.8. The number of hydrogen-bond acceptors (Lipinski definition) is 1. The molecular formula is C23H20Cl2N2Zr. The molecule has 0 N–H and O–H groups in total. The summed E-state index contributed by atoms with van der Waals surface area (Å²) in [6.07, 6.45) is 7.92. The molecule has 0 fully saturated rings. The maximum atomic E-state index is 4.77. The van der Waals surface area contributed by atoms with E-state index >= 15 is 0 Å². The third kappa shape index (κ3) is 3.49. The molecule has 0 bridgehead atoms. The first-order chi connectivity index (χ1) is 12.7. The van der Waals surface area contributed by atoms with Crippen LogP contribution in [0.15, 0.2) is 75.2 Å². The van der Waals surface area contributed by atoms with Crippen LogP contribution >= 0.6 is 0 Å². The van der Waals surface area contributed by atoms with Crippen molar-refractivity contribution < 1.29 is 48.0 Å². The maximum Gasteiger partial charge on any atom is -1.00 e. The van der Waals surface area contributed by atoms with Crippen molar-refractivity contribution in [2.75, 3.05) is 0 Å². The molecule has 0 saturated heterocycles. The smallest absolute Gasteiger partial charge is 1.00 e. The minimum absolute atomic E-state index is 0. The van der Waals surface area contributed by atoms with Crippen molar-refractivity contribution in [2.45, 2.75) is 23.9 Å². The summed E-state index contributed by atoms with van der Waals surface area (Å²) in [5, 5.41) is 5.98. The molecule has 1 unspecified atom stereocenters. The number of hydrogen-bond donors (Lipinski definition) is 0.